The zero-order valence-corrected chi connectivity index (χ0v) is 16.8. The van der Waals surface area contributed by atoms with Crippen molar-refractivity contribution in [1.82, 2.24) is 15.1 Å². The number of nitrogens with zero attached hydrogens (tertiary/aromatic N) is 2. The normalized spacial score (nSPS) is 16.1. The van der Waals surface area contributed by atoms with Crippen molar-refractivity contribution in [2.45, 2.75) is 52.5 Å². The van der Waals surface area contributed by atoms with Gasteiger partial charge in [0.2, 0.25) is 0 Å². The Labute approximate surface area is 161 Å². The molecule has 2 N–H and O–H groups in total. The fraction of sp³-hybridized carbons (Fsp3) is 0.524. The first-order valence-corrected chi connectivity index (χ1v) is 9.69. The molecule has 0 aliphatic carbocycles. The molecule has 1 aromatic carbocycles. The Morgan fingerprint density at radius 2 is 1.93 bits per heavy atom. The highest BCUT2D eigenvalue weighted by Gasteiger charge is 2.35. The summed E-state index contributed by atoms with van der Waals surface area (Å²) in [5.41, 5.74) is 5.09. The Balaban J connectivity index is 1.74. The topological polar surface area (TPSA) is 68.2 Å². The lowest BCUT2D eigenvalue weighted by atomic mass is 9.72. The molecule has 0 unspecified atom stereocenters. The van der Waals surface area contributed by atoms with Crippen LogP contribution in [0, 0.1) is 20.8 Å². The van der Waals surface area contributed by atoms with Gasteiger partial charge in [0.1, 0.15) is 0 Å². The fourth-order valence-electron chi connectivity index (χ4n) is 4.06. The minimum Gasteiger partial charge on any atom is -0.381 e. The van der Waals surface area contributed by atoms with Crippen LogP contribution in [-0.4, -0.2) is 35.6 Å². The van der Waals surface area contributed by atoms with Gasteiger partial charge in [-0.3, -0.25) is 4.68 Å². The molecule has 146 valence electrons. The smallest absolute Gasteiger partial charge is 0.319 e. The van der Waals surface area contributed by atoms with Crippen molar-refractivity contribution in [3.63, 3.8) is 0 Å². The van der Waals surface area contributed by atoms with Crippen LogP contribution in [-0.2, 0) is 16.7 Å². The maximum absolute atomic E-state index is 12.6. The lowest BCUT2D eigenvalue weighted by molar-refractivity contribution is 0.0506. The van der Waals surface area contributed by atoms with Crippen LogP contribution >= 0.6 is 0 Å². The molecule has 1 aromatic heterocycles. The Morgan fingerprint density at radius 3 is 2.56 bits per heavy atom. The summed E-state index contributed by atoms with van der Waals surface area (Å²) >= 11 is 0. The minimum absolute atomic E-state index is 0.0847. The second kappa shape index (κ2) is 8.13. The fourth-order valence-corrected chi connectivity index (χ4v) is 4.06. The molecule has 1 fully saturated rings. The van der Waals surface area contributed by atoms with Gasteiger partial charge in [0.05, 0.1) is 17.1 Å². The summed E-state index contributed by atoms with van der Waals surface area (Å²) in [6, 6.07) is 8.27. The molecule has 0 saturated carbocycles. The zero-order chi connectivity index (χ0) is 19.4. The van der Waals surface area contributed by atoms with Gasteiger partial charge in [-0.05, 0) is 51.7 Å². The van der Waals surface area contributed by atoms with Gasteiger partial charge in [0.15, 0.2) is 0 Å². The number of benzene rings is 1. The lowest BCUT2D eigenvalue weighted by Crippen LogP contribution is -2.46. The molecule has 6 nitrogen and oxygen atoms in total. The largest absolute Gasteiger partial charge is 0.381 e. The lowest BCUT2D eigenvalue weighted by Gasteiger charge is -2.39. The van der Waals surface area contributed by atoms with Crippen LogP contribution in [0.4, 0.5) is 10.5 Å². The van der Waals surface area contributed by atoms with Crippen LogP contribution in [0.5, 0.6) is 0 Å². The van der Waals surface area contributed by atoms with Crippen molar-refractivity contribution in [3.8, 4) is 0 Å². The summed E-state index contributed by atoms with van der Waals surface area (Å²) in [5, 5.41) is 10.6. The third-order valence-corrected chi connectivity index (χ3v) is 5.67. The predicted molar refractivity (Wildman–Crippen MR) is 107 cm³/mol. The maximum atomic E-state index is 12.6. The molecule has 2 amide bonds. The number of hydrogen-bond donors (Lipinski definition) is 2. The molecule has 1 aliphatic rings. The van der Waals surface area contributed by atoms with E-state index in [1.54, 1.807) is 0 Å². The number of carbonyl (C=O) groups is 1. The Kier molecular flexibility index (Phi) is 5.85. The summed E-state index contributed by atoms with van der Waals surface area (Å²) in [6.07, 6.45) is 1.81. The molecule has 27 heavy (non-hydrogen) atoms. The van der Waals surface area contributed by atoms with E-state index in [9.17, 15) is 4.79 Å². The molecule has 1 saturated heterocycles. The van der Waals surface area contributed by atoms with E-state index in [1.807, 2.05) is 25.5 Å². The van der Waals surface area contributed by atoms with Crippen molar-refractivity contribution >= 4 is 11.7 Å². The highest BCUT2D eigenvalue weighted by Crippen LogP contribution is 2.36. The van der Waals surface area contributed by atoms with Crippen LogP contribution in [0.3, 0.4) is 0 Å². The van der Waals surface area contributed by atoms with Gasteiger partial charge in [-0.15, -0.1) is 0 Å². The molecule has 0 atom stereocenters. The van der Waals surface area contributed by atoms with Crippen molar-refractivity contribution in [3.05, 3.63) is 46.8 Å². The standard InChI is InChI=1S/C21H30N4O2/c1-5-25-17(4)19(16(3)24-25)23-20(26)22-14-21(10-12-27-13-11-21)18-9-7-6-8-15(18)2/h6-9H,5,10-14H2,1-4H3,(H2,22,23,26). The number of rotatable bonds is 5. The number of anilines is 1. The Bertz CT molecular complexity index is 807. The summed E-state index contributed by atoms with van der Waals surface area (Å²) in [6.45, 7) is 10.9. The van der Waals surface area contributed by atoms with E-state index >= 15 is 0 Å². The molecular formula is C21H30N4O2. The maximum Gasteiger partial charge on any atom is 0.319 e. The summed E-state index contributed by atoms with van der Waals surface area (Å²) < 4.78 is 7.50. The highest BCUT2D eigenvalue weighted by molar-refractivity contribution is 5.90. The summed E-state index contributed by atoms with van der Waals surface area (Å²) in [7, 11) is 0. The SMILES string of the molecule is CCn1nc(C)c(NC(=O)NCC2(c3ccccc3C)CCOCC2)c1C. The second-order valence-electron chi connectivity index (χ2n) is 7.38. The van der Waals surface area contributed by atoms with Gasteiger partial charge >= 0.3 is 6.03 Å². The molecule has 6 heteroatoms. The van der Waals surface area contributed by atoms with Crippen LogP contribution in [0.15, 0.2) is 24.3 Å². The molecule has 0 radical (unpaired) electrons. The molecule has 1 aliphatic heterocycles. The van der Waals surface area contributed by atoms with E-state index in [0.717, 1.165) is 49.7 Å². The van der Waals surface area contributed by atoms with Crippen LogP contribution in [0.2, 0.25) is 0 Å². The van der Waals surface area contributed by atoms with Gasteiger partial charge < -0.3 is 15.4 Å². The average Bonchev–Trinajstić information content (AvgIpc) is 2.95. The summed E-state index contributed by atoms with van der Waals surface area (Å²) in [5.74, 6) is 0. The zero-order valence-electron chi connectivity index (χ0n) is 16.8. The van der Waals surface area contributed by atoms with Crippen molar-refractivity contribution in [2.24, 2.45) is 0 Å². The number of aryl methyl sites for hydroxylation is 3. The quantitative estimate of drug-likeness (QED) is 0.843. The number of amides is 2. The van der Waals surface area contributed by atoms with E-state index < -0.39 is 0 Å². The first kappa shape index (κ1) is 19.4. The predicted octanol–water partition coefficient (Wildman–Crippen LogP) is 3.70. The summed E-state index contributed by atoms with van der Waals surface area (Å²) in [4.78, 5) is 12.6. The monoisotopic (exact) mass is 370 g/mol. The van der Waals surface area contributed by atoms with Gasteiger partial charge in [-0.2, -0.15) is 5.10 Å². The minimum atomic E-state index is -0.184. The number of aromatic nitrogens is 2. The molecule has 0 bridgehead atoms. The number of carbonyl (C=O) groups excluding carboxylic acids is 1. The third-order valence-electron chi connectivity index (χ3n) is 5.67. The van der Waals surface area contributed by atoms with Crippen molar-refractivity contribution in [1.29, 1.82) is 0 Å². The van der Waals surface area contributed by atoms with E-state index in [2.05, 4.69) is 46.9 Å². The van der Waals surface area contributed by atoms with Crippen LogP contribution in [0.1, 0.15) is 42.3 Å². The highest BCUT2D eigenvalue weighted by atomic mass is 16.5. The van der Waals surface area contributed by atoms with E-state index in [4.69, 9.17) is 4.74 Å². The van der Waals surface area contributed by atoms with Gasteiger partial charge in [0, 0.05) is 31.7 Å². The van der Waals surface area contributed by atoms with Gasteiger partial charge in [0.25, 0.3) is 0 Å². The van der Waals surface area contributed by atoms with E-state index in [1.165, 1.54) is 11.1 Å². The molecule has 2 heterocycles. The third kappa shape index (κ3) is 4.00. The molecular weight excluding hydrogens is 340 g/mol. The number of urea groups is 1. The van der Waals surface area contributed by atoms with Crippen LogP contribution < -0.4 is 10.6 Å². The van der Waals surface area contributed by atoms with Gasteiger partial charge in [-0.1, -0.05) is 24.3 Å². The first-order chi connectivity index (χ1) is 13.0. The van der Waals surface area contributed by atoms with Crippen LogP contribution in [0.25, 0.3) is 0 Å². The Morgan fingerprint density at radius 1 is 1.22 bits per heavy atom. The molecule has 2 aromatic rings. The van der Waals surface area contributed by atoms with Crippen molar-refractivity contribution < 1.29 is 9.53 Å². The molecule has 0 spiro atoms. The van der Waals surface area contributed by atoms with Crippen molar-refractivity contribution in [2.75, 3.05) is 25.1 Å². The van der Waals surface area contributed by atoms with Gasteiger partial charge in [-0.25, -0.2) is 4.79 Å². The van der Waals surface area contributed by atoms with E-state index in [0.29, 0.717) is 6.54 Å². The average molecular weight is 370 g/mol. The molecule has 3 rings (SSSR count). The number of nitrogens with one attached hydrogen (secondary N) is 2. The second-order valence-corrected chi connectivity index (χ2v) is 7.38. The van der Waals surface area contributed by atoms with E-state index in [-0.39, 0.29) is 11.4 Å². The number of ether oxygens (including phenoxy) is 1. The first-order valence-electron chi connectivity index (χ1n) is 9.69. The Hall–Kier alpha value is -2.34. The number of hydrogen-bond acceptors (Lipinski definition) is 3.